The Labute approximate surface area is 108 Å². The lowest BCUT2D eigenvalue weighted by atomic mass is 10.1. The Bertz CT molecular complexity index is 418. The van der Waals surface area contributed by atoms with Gasteiger partial charge in [-0.3, -0.25) is 4.79 Å². The smallest absolute Gasteiger partial charge is 0.234 e. The first-order valence-corrected chi connectivity index (χ1v) is 6.01. The number of rotatable bonds is 6. The Balaban J connectivity index is 2.35. The molecule has 0 saturated heterocycles. The van der Waals surface area contributed by atoms with Crippen molar-refractivity contribution in [2.75, 3.05) is 6.54 Å². The van der Waals surface area contributed by atoms with Crippen molar-refractivity contribution in [3.05, 3.63) is 29.8 Å². The van der Waals surface area contributed by atoms with Gasteiger partial charge in [0.05, 0.1) is 12.2 Å². The van der Waals surface area contributed by atoms with Gasteiger partial charge >= 0.3 is 0 Å². The molecule has 18 heavy (non-hydrogen) atoms. The van der Waals surface area contributed by atoms with E-state index >= 15 is 0 Å². The molecule has 1 aromatic rings. The van der Waals surface area contributed by atoms with Crippen LogP contribution in [0.4, 0.5) is 0 Å². The monoisotopic (exact) mass is 246 g/mol. The summed E-state index contributed by atoms with van der Waals surface area (Å²) < 4.78 is 5.54. The second-order valence-electron chi connectivity index (χ2n) is 4.25. The summed E-state index contributed by atoms with van der Waals surface area (Å²) in [6, 6.07) is 9.62. The number of amides is 1. The number of ether oxygens (including phenoxy) is 1. The minimum atomic E-state index is -0.225. The van der Waals surface area contributed by atoms with E-state index in [4.69, 9.17) is 10.00 Å². The fourth-order valence-electron chi connectivity index (χ4n) is 1.49. The average Bonchev–Trinajstić information content (AvgIpc) is 2.31. The van der Waals surface area contributed by atoms with E-state index in [1.165, 1.54) is 0 Å². The van der Waals surface area contributed by atoms with Gasteiger partial charge in [0.2, 0.25) is 5.91 Å². The Kier molecular flexibility index (Phi) is 5.72. The standard InChI is InChI=1S/C14H18N2O2/c1-11(2)18-13-5-3-12(4-6-13)8-10-16-14(17)7-9-15/h3-6,11H,7-8,10H2,1-2H3,(H,16,17). The molecule has 0 fully saturated rings. The molecule has 0 saturated carbocycles. The van der Waals surface area contributed by atoms with Crippen LogP contribution in [0.1, 0.15) is 25.8 Å². The molecule has 0 atom stereocenters. The summed E-state index contributed by atoms with van der Waals surface area (Å²) in [5.41, 5.74) is 1.13. The highest BCUT2D eigenvalue weighted by Crippen LogP contribution is 2.13. The normalized spacial score (nSPS) is 9.89. The maximum Gasteiger partial charge on any atom is 0.234 e. The molecular formula is C14H18N2O2. The van der Waals surface area contributed by atoms with Gasteiger partial charge in [-0.05, 0) is 38.0 Å². The van der Waals surface area contributed by atoms with Gasteiger partial charge in [0.25, 0.3) is 0 Å². The Morgan fingerprint density at radius 3 is 2.61 bits per heavy atom. The Morgan fingerprint density at radius 2 is 2.06 bits per heavy atom. The first-order valence-electron chi connectivity index (χ1n) is 6.01. The van der Waals surface area contributed by atoms with Crippen LogP contribution < -0.4 is 10.1 Å². The molecule has 0 aliphatic rings. The van der Waals surface area contributed by atoms with Crippen LogP contribution in [0.15, 0.2) is 24.3 Å². The summed E-state index contributed by atoms with van der Waals surface area (Å²) in [5.74, 6) is 0.625. The van der Waals surface area contributed by atoms with E-state index in [1.807, 2.05) is 44.2 Å². The lowest BCUT2D eigenvalue weighted by molar-refractivity contribution is -0.120. The van der Waals surface area contributed by atoms with Crippen LogP contribution in [0.2, 0.25) is 0 Å². The van der Waals surface area contributed by atoms with Crippen molar-refractivity contribution in [2.24, 2.45) is 0 Å². The number of hydrogen-bond acceptors (Lipinski definition) is 3. The number of hydrogen-bond donors (Lipinski definition) is 1. The van der Waals surface area contributed by atoms with Gasteiger partial charge in [-0.1, -0.05) is 12.1 Å². The fraction of sp³-hybridized carbons (Fsp3) is 0.429. The largest absolute Gasteiger partial charge is 0.491 e. The van der Waals surface area contributed by atoms with Gasteiger partial charge in [0.15, 0.2) is 0 Å². The number of benzene rings is 1. The van der Waals surface area contributed by atoms with Gasteiger partial charge in [0, 0.05) is 6.54 Å². The van der Waals surface area contributed by atoms with Crippen molar-refractivity contribution in [1.82, 2.24) is 5.32 Å². The third kappa shape index (κ3) is 5.35. The van der Waals surface area contributed by atoms with Crippen molar-refractivity contribution in [3.63, 3.8) is 0 Å². The van der Waals surface area contributed by atoms with Gasteiger partial charge in [0.1, 0.15) is 12.2 Å². The SMILES string of the molecule is CC(C)Oc1ccc(CCNC(=O)CC#N)cc1. The molecule has 0 bridgehead atoms. The second kappa shape index (κ2) is 7.33. The molecule has 0 unspecified atom stereocenters. The van der Waals surface area contributed by atoms with Gasteiger partial charge < -0.3 is 10.1 Å². The molecule has 0 aliphatic heterocycles. The van der Waals surface area contributed by atoms with Gasteiger partial charge in [-0.15, -0.1) is 0 Å². The summed E-state index contributed by atoms with van der Waals surface area (Å²) in [6.07, 6.45) is 0.835. The highest BCUT2D eigenvalue weighted by atomic mass is 16.5. The van der Waals surface area contributed by atoms with Gasteiger partial charge in [-0.2, -0.15) is 5.26 Å². The molecule has 1 amide bonds. The maximum absolute atomic E-state index is 11.1. The maximum atomic E-state index is 11.1. The number of nitrogens with one attached hydrogen (secondary N) is 1. The minimum Gasteiger partial charge on any atom is -0.491 e. The van der Waals surface area contributed by atoms with E-state index in [1.54, 1.807) is 0 Å². The number of nitriles is 1. The third-order valence-electron chi connectivity index (χ3n) is 2.27. The van der Waals surface area contributed by atoms with Crippen molar-refractivity contribution >= 4 is 5.91 Å². The Hall–Kier alpha value is -2.02. The molecule has 0 aliphatic carbocycles. The fourth-order valence-corrected chi connectivity index (χ4v) is 1.49. The quantitative estimate of drug-likeness (QED) is 0.835. The molecular weight excluding hydrogens is 228 g/mol. The molecule has 96 valence electrons. The average molecular weight is 246 g/mol. The highest BCUT2D eigenvalue weighted by molar-refractivity contribution is 5.77. The van der Waals surface area contributed by atoms with E-state index in [2.05, 4.69) is 5.32 Å². The highest BCUT2D eigenvalue weighted by Gasteiger charge is 2.00. The van der Waals surface area contributed by atoms with E-state index in [0.717, 1.165) is 17.7 Å². The van der Waals surface area contributed by atoms with Crippen LogP contribution >= 0.6 is 0 Å². The van der Waals surface area contributed by atoms with E-state index in [0.29, 0.717) is 6.54 Å². The summed E-state index contributed by atoms with van der Waals surface area (Å²) in [4.78, 5) is 11.1. The Morgan fingerprint density at radius 1 is 1.39 bits per heavy atom. The molecule has 1 rings (SSSR count). The summed E-state index contributed by atoms with van der Waals surface area (Å²) in [6.45, 7) is 4.52. The van der Waals surface area contributed by atoms with Crippen LogP contribution in [0, 0.1) is 11.3 Å². The predicted octanol–water partition coefficient (Wildman–Crippen LogP) is 2.05. The summed E-state index contributed by atoms with van der Waals surface area (Å²) >= 11 is 0. The minimum absolute atomic E-state index is 0.0822. The molecule has 4 heteroatoms. The zero-order valence-electron chi connectivity index (χ0n) is 10.8. The van der Waals surface area contributed by atoms with Crippen LogP contribution in [0.5, 0.6) is 5.75 Å². The zero-order chi connectivity index (χ0) is 13.4. The predicted molar refractivity (Wildman–Crippen MR) is 69.1 cm³/mol. The molecule has 0 heterocycles. The second-order valence-corrected chi connectivity index (χ2v) is 4.25. The number of carbonyl (C=O) groups excluding carboxylic acids is 1. The zero-order valence-corrected chi connectivity index (χ0v) is 10.8. The van der Waals surface area contributed by atoms with Crippen molar-refractivity contribution in [2.45, 2.75) is 32.8 Å². The molecule has 1 aromatic carbocycles. The number of carbonyl (C=O) groups is 1. The van der Waals surface area contributed by atoms with Gasteiger partial charge in [-0.25, -0.2) is 0 Å². The van der Waals surface area contributed by atoms with Crippen molar-refractivity contribution in [3.8, 4) is 11.8 Å². The first-order chi connectivity index (χ1) is 8.61. The first kappa shape index (κ1) is 14.0. The van der Waals surface area contributed by atoms with Crippen LogP contribution in [-0.4, -0.2) is 18.6 Å². The van der Waals surface area contributed by atoms with Crippen molar-refractivity contribution in [1.29, 1.82) is 5.26 Å². The van der Waals surface area contributed by atoms with Crippen LogP contribution in [0.25, 0.3) is 0 Å². The molecule has 0 spiro atoms. The van der Waals surface area contributed by atoms with E-state index in [9.17, 15) is 4.79 Å². The molecule has 0 aromatic heterocycles. The number of nitrogens with zero attached hydrogens (tertiary/aromatic N) is 1. The van der Waals surface area contributed by atoms with E-state index < -0.39 is 0 Å². The van der Waals surface area contributed by atoms with Crippen LogP contribution in [-0.2, 0) is 11.2 Å². The molecule has 4 nitrogen and oxygen atoms in total. The lowest BCUT2D eigenvalue weighted by Crippen LogP contribution is -2.24. The molecule has 1 N–H and O–H groups in total. The summed E-state index contributed by atoms with van der Waals surface area (Å²) in [5, 5.41) is 11.0. The lowest BCUT2D eigenvalue weighted by Gasteiger charge is -2.10. The topological polar surface area (TPSA) is 62.1 Å². The third-order valence-corrected chi connectivity index (χ3v) is 2.27. The van der Waals surface area contributed by atoms with Crippen LogP contribution in [0.3, 0.4) is 0 Å². The summed E-state index contributed by atoms with van der Waals surface area (Å²) in [7, 11) is 0. The molecule has 0 radical (unpaired) electrons. The van der Waals surface area contributed by atoms with Crippen molar-refractivity contribution < 1.29 is 9.53 Å². The van der Waals surface area contributed by atoms with E-state index in [-0.39, 0.29) is 18.4 Å².